The van der Waals surface area contributed by atoms with E-state index in [1.807, 2.05) is 14.0 Å². The van der Waals surface area contributed by atoms with E-state index in [-0.39, 0.29) is 12.0 Å². The molecule has 0 aliphatic heterocycles. The van der Waals surface area contributed by atoms with Crippen LogP contribution in [0.4, 0.5) is 0 Å². The summed E-state index contributed by atoms with van der Waals surface area (Å²) in [5.74, 6) is -0.345. The molecule has 0 aromatic carbocycles. The van der Waals surface area contributed by atoms with Crippen molar-refractivity contribution in [3.8, 4) is 0 Å². The van der Waals surface area contributed by atoms with Crippen LogP contribution in [0, 0.1) is 0 Å². The Labute approximate surface area is 89.2 Å². The van der Waals surface area contributed by atoms with Gasteiger partial charge in [-0.1, -0.05) is 0 Å². The quantitative estimate of drug-likeness (QED) is 0.736. The average molecular weight is 211 g/mol. The molecular weight excluding hydrogens is 194 g/mol. The molecule has 0 aliphatic carbocycles. The maximum atomic E-state index is 11.4. The van der Waals surface area contributed by atoms with Gasteiger partial charge in [0.2, 0.25) is 0 Å². The van der Waals surface area contributed by atoms with Gasteiger partial charge in [-0.2, -0.15) is 5.10 Å². The minimum absolute atomic E-state index is 0.116. The first kappa shape index (κ1) is 11.7. The second-order valence-corrected chi connectivity index (χ2v) is 3.64. The first-order chi connectivity index (χ1) is 7.06. The molecule has 1 rings (SSSR count). The van der Waals surface area contributed by atoms with E-state index in [9.17, 15) is 4.79 Å². The Kier molecular flexibility index (Phi) is 3.85. The van der Waals surface area contributed by atoms with Crippen LogP contribution >= 0.6 is 0 Å². The van der Waals surface area contributed by atoms with Crippen molar-refractivity contribution in [1.82, 2.24) is 9.78 Å². The Morgan fingerprint density at radius 3 is 2.93 bits per heavy atom. The van der Waals surface area contributed by atoms with E-state index in [0.29, 0.717) is 5.56 Å². The van der Waals surface area contributed by atoms with Gasteiger partial charge in [-0.25, -0.2) is 4.79 Å². The average Bonchev–Trinajstić information content (AvgIpc) is 2.55. The van der Waals surface area contributed by atoms with E-state index in [4.69, 9.17) is 5.73 Å². The van der Waals surface area contributed by atoms with Crippen molar-refractivity contribution in [1.29, 1.82) is 0 Å². The number of aryl methyl sites for hydroxylation is 1. The number of carbonyl (C=O) groups excluding carboxylic acids is 1. The van der Waals surface area contributed by atoms with Crippen molar-refractivity contribution in [3.63, 3.8) is 0 Å². The van der Waals surface area contributed by atoms with Gasteiger partial charge in [0.25, 0.3) is 0 Å². The molecule has 0 bridgehead atoms. The molecule has 15 heavy (non-hydrogen) atoms. The van der Waals surface area contributed by atoms with Crippen LogP contribution in [0.25, 0.3) is 0 Å². The number of esters is 1. The van der Waals surface area contributed by atoms with Crippen LogP contribution in [0.3, 0.4) is 0 Å². The molecule has 1 aromatic heterocycles. The summed E-state index contributed by atoms with van der Waals surface area (Å²) >= 11 is 0. The highest BCUT2D eigenvalue weighted by Gasteiger charge is 2.16. The summed E-state index contributed by atoms with van der Waals surface area (Å²) in [5.41, 5.74) is 7.07. The molecule has 1 heterocycles. The van der Waals surface area contributed by atoms with Crippen molar-refractivity contribution < 1.29 is 9.53 Å². The number of aromatic nitrogens is 2. The monoisotopic (exact) mass is 211 g/mol. The summed E-state index contributed by atoms with van der Waals surface area (Å²) in [4.78, 5) is 11.4. The third-order valence-electron chi connectivity index (χ3n) is 2.30. The van der Waals surface area contributed by atoms with E-state index in [1.165, 1.54) is 13.3 Å². The van der Waals surface area contributed by atoms with Crippen molar-refractivity contribution in [2.75, 3.05) is 7.11 Å². The molecule has 2 N–H and O–H groups in total. The Morgan fingerprint density at radius 1 is 1.73 bits per heavy atom. The highest BCUT2D eigenvalue weighted by Crippen LogP contribution is 2.11. The van der Waals surface area contributed by atoms with E-state index in [2.05, 4.69) is 9.84 Å². The zero-order chi connectivity index (χ0) is 11.4. The Balaban J connectivity index is 2.84. The fourth-order valence-corrected chi connectivity index (χ4v) is 1.40. The maximum absolute atomic E-state index is 11.4. The third kappa shape index (κ3) is 2.79. The first-order valence-corrected chi connectivity index (χ1v) is 4.91. The number of carbonyl (C=O) groups is 1. The fraction of sp³-hybridized carbons (Fsp3) is 0.600. The van der Waals surface area contributed by atoms with Gasteiger partial charge in [0, 0.05) is 13.1 Å². The van der Waals surface area contributed by atoms with Crippen LogP contribution in [0.2, 0.25) is 0 Å². The minimum Gasteiger partial charge on any atom is -0.465 e. The predicted octanol–water partition coefficient (Wildman–Crippen LogP) is 0.486. The van der Waals surface area contributed by atoms with Crippen LogP contribution < -0.4 is 5.73 Å². The highest BCUT2D eigenvalue weighted by molar-refractivity contribution is 5.90. The number of nitrogens with two attached hydrogens (primary N) is 1. The Bertz CT molecular complexity index is 344. The SMILES string of the molecule is COC(=O)c1cnn(C)c1CC[C@@H](C)N. The van der Waals surface area contributed by atoms with Gasteiger partial charge in [0.05, 0.1) is 19.0 Å². The lowest BCUT2D eigenvalue weighted by atomic mass is 10.1. The first-order valence-electron chi connectivity index (χ1n) is 4.91. The minimum atomic E-state index is -0.345. The van der Waals surface area contributed by atoms with Gasteiger partial charge < -0.3 is 10.5 Å². The normalized spacial score (nSPS) is 12.5. The number of rotatable bonds is 4. The summed E-state index contributed by atoms with van der Waals surface area (Å²) in [7, 11) is 3.17. The van der Waals surface area contributed by atoms with Crippen molar-refractivity contribution in [2.24, 2.45) is 12.8 Å². The van der Waals surface area contributed by atoms with Gasteiger partial charge >= 0.3 is 5.97 Å². The van der Waals surface area contributed by atoms with Crippen LogP contribution in [0.15, 0.2) is 6.20 Å². The summed E-state index contributed by atoms with van der Waals surface area (Å²) < 4.78 is 6.36. The molecule has 0 radical (unpaired) electrons. The van der Waals surface area contributed by atoms with Gasteiger partial charge in [-0.05, 0) is 19.8 Å². The molecule has 84 valence electrons. The maximum Gasteiger partial charge on any atom is 0.341 e. The van der Waals surface area contributed by atoms with E-state index < -0.39 is 0 Å². The van der Waals surface area contributed by atoms with Crippen molar-refractivity contribution >= 4 is 5.97 Å². The zero-order valence-electron chi connectivity index (χ0n) is 9.36. The van der Waals surface area contributed by atoms with Crippen molar-refractivity contribution in [2.45, 2.75) is 25.8 Å². The van der Waals surface area contributed by atoms with Crippen LogP contribution in [-0.4, -0.2) is 28.9 Å². The summed E-state index contributed by atoms with van der Waals surface area (Å²) in [5, 5.41) is 4.04. The van der Waals surface area contributed by atoms with E-state index in [1.54, 1.807) is 4.68 Å². The van der Waals surface area contributed by atoms with Gasteiger partial charge in [-0.15, -0.1) is 0 Å². The standard InChI is InChI=1S/C10H17N3O2/c1-7(11)4-5-9-8(10(14)15-3)6-12-13(9)2/h6-7H,4-5,11H2,1-3H3/t7-/m1/s1. The molecule has 0 saturated carbocycles. The van der Waals surface area contributed by atoms with Crippen LogP contribution in [0.1, 0.15) is 29.4 Å². The third-order valence-corrected chi connectivity index (χ3v) is 2.30. The lowest BCUT2D eigenvalue weighted by molar-refractivity contribution is 0.0599. The predicted molar refractivity (Wildman–Crippen MR) is 56.5 cm³/mol. The molecule has 0 saturated heterocycles. The van der Waals surface area contributed by atoms with E-state index >= 15 is 0 Å². The van der Waals surface area contributed by atoms with Crippen LogP contribution in [0.5, 0.6) is 0 Å². The molecule has 0 spiro atoms. The molecular formula is C10H17N3O2. The number of ether oxygens (including phenoxy) is 1. The number of methoxy groups -OCH3 is 1. The Hall–Kier alpha value is -1.36. The van der Waals surface area contributed by atoms with Gasteiger partial charge in [-0.3, -0.25) is 4.68 Å². The number of hydrogen-bond donors (Lipinski definition) is 1. The topological polar surface area (TPSA) is 70.1 Å². The van der Waals surface area contributed by atoms with E-state index in [0.717, 1.165) is 18.5 Å². The molecule has 0 unspecified atom stereocenters. The zero-order valence-corrected chi connectivity index (χ0v) is 9.36. The highest BCUT2D eigenvalue weighted by atomic mass is 16.5. The molecule has 5 nitrogen and oxygen atoms in total. The number of hydrogen-bond acceptors (Lipinski definition) is 4. The summed E-state index contributed by atoms with van der Waals surface area (Å²) in [6.07, 6.45) is 3.09. The van der Waals surface area contributed by atoms with Crippen molar-refractivity contribution in [3.05, 3.63) is 17.5 Å². The molecule has 1 atom stereocenters. The van der Waals surface area contributed by atoms with Gasteiger partial charge in [0.15, 0.2) is 0 Å². The lowest BCUT2D eigenvalue weighted by Crippen LogP contribution is -2.17. The summed E-state index contributed by atoms with van der Waals surface area (Å²) in [6.45, 7) is 1.94. The Morgan fingerprint density at radius 2 is 2.40 bits per heavy atom. The molecule has 0 aliphatic rings. The second-order valence-electron chi connectivity index (χ2n) is 3.64. The second kappa shape index (κ2) is 4.93. The molecule has 0 amide bonds. The molecule has 1 aromatic rings. The largest absolute Gasteiger partial charge is 0.465 e. The fourth-order valence-electron chi connectivity index (χ4n) is 1.40. The number of nitrogens with zero attached hydrogens (tertiary/aromatic N) is 2. The van der Waals surface area contributed by atoms with Gasteiger partial charge in [0.1, 0.15) is 5.56 Å². The van der Waals surface area contributed by atoms with Crippen LogP contribution in [-0.2, 0) is 18.2 Å². The smallest absolute Gasteiger partial charge is 0.341 e. The molecule has 5 heteroatoms. The molecule has 0 fully saturated rings. The lowest BCUT2D eigenvalue weighted by Gasteiger charge is -2.07. The summed E-state index contributed by atoms with van der Waals surface area (Å²) in [6, 6.07) is 0.116.